The zero-order valence-corrected chi connectivity index (χ0v) is 11.5. The molecule has 2 atom stereocenters. The third-order valence-electron chi connectivity index (χ3n) is 2.65. The molecule has 0 aromatic rings. The van der Waals surface area contributed by atoms with E-state index in [2.05, 4.69) is 38.3 Å². The highest BCUT2D eigenvalue weighted by Gasteiger charge is 2.09. The van der Waals surface area contributed by atoms with Gasteiger partial charge in [0, 0.05) is 12.1 Å². The van der Waals surface area contributed by atoms with Crippen molar-refractivity contribution in [2.75, 3.05) is 0 Å². The average Bonchev–Trinajstić information content (AvgIpc) is 2.14. The average molecular weight is 228 g/mol. The highest BCUT2D eigenvalue weighted by Crippen LogP contribution is 2.06. The van der Waals surface area contributed by atoms with Crippen LogP contribution >= 0.6 is 0 Å². The van der Waals surface area contributed by atoms with E-state index in [1.165, 1.54) is 0 Å². The van der Waals surface area contributed by atoms with Crippen LogP contribution in [0.4, 0.5) is 4.79 Å². The van der Waals surface area contributed by atoms with Gasteiger partial charge in [-0.15, -0.1) is 0 Å². The number of hydrogen-bond acceptors (Lipinski definition) is 1. The molecular formula is C13H28N2O. The molecule has 2 amide bonds. The lowest BCUT2D eigenvalue weighted by molar-refractivity contribution is 0.233. The van der Waals surface area contributed by atoms with Crippen molar-refractivity contribution in [3.05, 3.63) is 0 Å². The molecule has 0 aromatic heterocycles. The molecule has 16 heavy (non-hydrogen) atoms. The molecule has 0 heterocycles. The van der Waals surface area contributed by atoms with Crippen molar-refractivity contribution in [3.63, 3.8) is 0 Å². The summed E-state index contributed by atoms with van der Waals surface area (Å²) in [6, 6.07) is 0.496. The SMILES string of the molecule is CCCC(C)NC(=O)NC(C)CCC(C)C. The number of nitrogens with one attached hydrogen (secondary N) is 2. The third-order valence-corrected chi connectivity index (χ3v) is 2.65. The Labute approximate surface area is 100 Å². The monoisotopic (exact) mass is 228 g/mol. The smallest absolute Gasteiger partial charge is 0.315 e. The lowest BCUT2D eigenvalue weighted by atomic mass is 10.0. The number of hydrogen-bond donors (Lipinski definition) is 2. The Balaban J connectivity index is 3.69. The summed E-state index contributed by atoms with van der Waals surface area (Å²) in [5.74, 6) is 0.700. The van der Waals surface area contributed by atoms with Gasteiger partial charge in [-0.3, -0.25) is 0 Å². The summed E-state index contributed by atoms with van der Waals surface area (Å²) in [6.45, 7) is 10.6. The molecular weight excluding hydrogens is 200 g/mol. The third kappa shape index (κ3) is 8.57. The van der Waals surface area contributed by atoms with E-state index < -0.39 is 0 Å². The van der Waals surface area contributed by atoms with Crippen molar-refractivity contribution in [2.24, 2.45) is 5.92 Å². The summed E-state index contributed by atoms with van der Waals surface area (Å²) < 4.78 is 0. The number of rotatable bonds is 7. The van der Waals surface area contributed by atoms with Crippen molar-refractivity contribution in [3.8, 4) is 0 Å². The van der Waals surface area contributed by atoms with Crippen LogP contribution in [0.25, 0.3) is 0 Å². The van der Waals surface area contributed by atoms with Crippen LogP contribution in [0.5, 0.6) is 0 Å². The molecule has 96 valence electrons. The van der Waals surface area contributed by atoms with E-state index >= 15 is 0 Å². The molecule has 0 aromatic carbocycles. The Kier molecular flexibility index (Phi) is 8.04. The van der Waals surface area contributed by atoms with E-state index in [0.29, 0.717) is 5.92 Å². The highest BCUT2D eigenvalue weighted by molar-refractivity contribution is 5.74. The zero-order chi connectivity index (χ0) is 12.6. The Morgan fingerprint density at radius 3 is 1.88 bits per heavy atom. The fraction of sp³-hybridized carbons (Fsp3) is 0.923. The topological polar surface area (TPSA) is 41.1 Å². The first-order valence-electron chi connectivity index (χ1n) is 6.52. The summed E-state index contributed by atoms with van der Waals surface area (Å²) in [6.07, 6.45) is 4.34. The van der Waals surface area contributed by atoms with Gasteiger partial charge in [0.15, 0.2) is 0 Å². The lowest BCUT2D eigenvalue weighted by Crippen LogP contribution is -2.44. The van der Waals surface area contributed by atoms with E-state index in [1.54, 1.807) is 0 Å². The number of carbonyl (C=O) groups excluding carboxylic acids is 1. The van der Waals surface area contributed by atoms with Gasteiger partial charge in [-0.2, -0.15) is 0 Å². The maximum atomic E-state index is 11.6. The minimum absolute atomic E-state index is 0.0304. The van der Waals surface area contributed by atoms with E-state index in [-0.39, 0.29) is 18.1 Å². The van der Waals surface area contributed by atoms with E-state index in [4.69, 9.17) is 0 Å². The summed E-state index contributed by atoms with van der Waals surface area (Å²) in [4.78, 5) is 11.6. The van der Waals surface area contributed by atoms with Gasteiger partial charge in [-0.1, -0.05) is 27.2 Å². The predicted octanol–water partition coefficient (Wildman–Crippen LogP) is 3.30. The molecule has 0 fully saturated rings. The van der Waals surface area contributed by atoms with Crippen molar-refractivity contribution >= 4 is 6.03 Å². The van der Waals surface area contributed by atoms with Gasteiger partial charge in [0.25, 0.3) is 0 Å². The van der Waals surface area contributed by atoms with E-state index in [9.17, 15) is 4.79 Å². The van der Waals surface area contributed by atoms with E-state index in [1.807, 2.05) is 6.92 Å². The molecule has 0 radical (unpaired) electrons. The van der Waals surface area contributed by atoms with Gasteiger partial charge in [0.1, 0.15) is 0 Å². The molecule has 3 heteroatoms. The normalized spacial score (nSPS) is 14.6. The Morgan fingerprint density at radius 1 is 0.938 bits per heavy atom. The van der Waals surface area contributed by atoms with Crippen LogP contribution in [-0.4, -0.2) is 18.1 Å². The van der Waals surface area contributed by atoms with Gasteiger partial charge < -0.3 is 10.6 Å². The molecule has 0 saturated carbocycles. The minimum Gasteiger partial charge on any atom is -0.336 e. The van der Waals surface area contributed by atoms with E-state index in [0.717, 1.165) is 25.7 Å². The molecule has 2 N–H and O–H groups in total. The van der Waals surface area contributed by atoms with Crippen molar-refractivity contribution in [2.45, 2.75) is 72.4 Å². The number of amides is 2. The fourth-order valence-corrected chi connectivity index (χ4v) is 1.65. The van der Waals surface area contributed by atoms with Crippen LogP contribution < -0.4 is 10.6 Å². The number of carbonyl (C=O) groups is 1. The van der Waals surface area contributed by atoms with Crippen LogP contribution in [0, 0.1) is 5.92 Å². The number of urea groups is 1. The van der Waals surface area contributed by atoms with Gasteiger partial charge in [0.05, 0.1) is 0 Å². The lowest BCUT2D eigenvalue weighted by Gasteiger charge is -2.18. The van der Waals surface area contributed by atoms with Gasteiger partial charge in [-0.25, -0.2) is 4.79 Å². The highest BCUT2D eigenvalue weighted by atomic mass is 16.2. The standard InChI is InChI=1S/C13H28N2O/c1-6-7-11(4)14-13(16)15-12(5)9-8-10(2)3/h10-12H,6-9H2,1-5H3,(H2,14,15,16). The second-order valence-electron chi connectivity index (χ2n) is 5.18. The minimum atomic E-state index is -0.0304. The zero-order valence-electron chi connectivity index (χ0n) is 11.5. The summed E-state index contributed by atoms with van der Waals surface area (Å²) in [5, 5.41) is 5.92. The molecule has 0 aliphatic rings. The fourth-order valence-electron chi connectivity index (χ4n) is 1.65. The molecule has 3 nitrogen and oxygen atoms in total. The van der Waals surface area contributed by atoms with Crippen molar-refractivity contribution in [1.29, 1.82) is 0 Å². The Hall–Kier alpha value is -0.730. The Bertz CT molecular complexity index is 192. The van der Waals surface area contributed by atoms with Gasteiger partial charge in [-0.05, 0) is 39.0 Å². The summed E-state index contributed by atoms with van der Waals surface area (Å²) in [5.41, 5.74) is 0. The van der Waals surface area contributed by atoms with Crippen LogP contribution in [0.15, 0.2) is 0 Å². The second kappa shape index (κ2) is 8.43. The van der Waals surface area contributed by atoms with Gasteiger partial charge in [0.2, 0.25) is 0 Å². The molecule has 0 saturated heterocycles. The van der Waals surface area contributed by atoms with Crippen molar-refractivity contribution < 1.29 is 4.79 Å². The largest absolute Gasteiger partial charge is 0.336 e. The Morgan fingerprint density at radius 2 is 1.44 bits per heavy atom. The van der Waals surface area contributed by atoms with Crippen LogP contribution in [0.3, 0.4) is 0 Å². The summed E-state index contributed by atoms with van der Waals surface area (Å²) >= 11 is 0. The summed E-state index contributed by atoms with van der Waals surface area (Å²) in [7, 11) is 0. The first-order valence-corrected chi connectivity index (χ1v) is 6.52. The first kappa shape index (κ1) is 15.3. The van der Waals surface area contributed by atoms with Gasteiger partial charge >= 0.3 is 6.03 Å². The molecule has 2 unspecified atom stereocenters. The first-order chi connectivity index (χ1) is 7.45. The van der Waals surface area contributed by atoms with Crippen LogP contribution in [-0.2, 0) is 0 Å². The van der Waals surface area contributed by atoms with Crippen LogP contribution in [0.2, 0.25) is 0 Å². The molecule has 0 bridgehead atoms. The van der Waals surface area contributed by atoms with Crippen LogP contribution in [0.1, 0.15) is 60.3 Å². The molecule has 0 rings (SSSR count). The molecule has 0 aliphatic heterocycles. The quantitative estimate of drug-likeness (QED) is 0.689. The maximum Gasteiger partial charge on any atom is 0.315 e. The maximum absolute atomic E-state index is 11.6. The second-order valence-corrected chi connectivity index (χ2v) is 5.18. The molecule has 0 aliphatic carbocycles. The van der Waals surface area contributed by atoms with Crippen molar-refractivity contribution in [1.82, 2.24) is 10.6 Å². The molecule has 0 spiro atoms. The predicted molar refractivity (Wildman–Crippen MR) is 69.6 cm³/mol.